The van der Waals surface area contributed by atoms with Crippen LogP contribution in [0.2, 0.25) is 0 Å². The highest BCUT2D eigenvalue weighted by molar-refractivity contribution is 6.00. The molecule has 0 amide bonds. The SMILES string of the molecule is COC(=O)c1cc(OC)ccc1-c1ccc(OCc2ccccc2)cc1C=O. The van der Waals surface area contributed by atoms with Crippen molar-refractivity contribution in [3.63, 3.8) is 0 Å². The second kappa shape index (κ2) is 8.86. The molecule has 0 N–H and O–H groups in total. The number of benzene rings is 3. The molecule has 0 aliphatic rings. The summed E-state index contributed by atoms with van der Waals surface area (Å²) < 4.78 is 15.9. The fourth-order valence-electron chi connectivity index (χ4n) is 2.88. The lowest BCUT2D eigenvalue weighted by Gasteiger charge is -2.13. The molecule has 0 atom stereocenters. The molecule has 0 aromatic heterocycles. The van der Waals surface area contributed by atoms with Crippen LogP contribution in [-0.4, -0.2) is 26.5 Å². The predicted molar refractivity (Wildman–Crippen MR) is 106 cm³/mol. The Labute approximate surface area is 163 Å². The van der Waals surface area contributed by atoms with Crippen LogP contribution in [-0.2, 0) is 11.3 Å². The summed E-state index contributed by atoms with van der Waals surface area (Å²) in [6, 6.07) is 20.0. The highest BCUT2D eigenvalue weighted by Crippen LogP contribution is 2.32. The van der Waals surface area contributed by atoms with E-state index in [-0.39, 0.29) is 0 Å². The molecule has 0 spiro atoms. The van der Waals surface area contributed by atoms with Crippen LogP contribution in [0, 0.1) is 0 Å². The third-order valence-corrected chi connectivity index (χ3v) is 4.32. The molecule has 0 fully saturated rings. The summed E-state index contributed by atoms with van der Waals surface area (Å²) >= 11 is 0. The number of carbonyl (C=O) groups is 2. The zero-order chi connectivity index (χ0) is 19.9. The number of hydrogen-bond donors (Lipinski definition) is 0. The lowest BCUT2D eigenvalue weighted by Crippen LogP contribution is -2.05. The van der Waals surface area contributed by atoms with Gasteiger partial charge in [0.25, 0.3) is 0 Å². The lowest BCUT2D eigenvalue weighted by atomic mass is 9.95. The van der Waals surface area contributed by atoms with Gasteiger partial charge < -0.3 is 14.2 Å². The van der Waals surface area contributed by atoms with E-state index in [0.29, 0.717) is 40.4 Å². The van der Waals surface area contributed by atoms with Crippen LogP contribution in [0.25, 0.3) is 11.1 Å². The minimum absolute atomic E-state index is 0.322. The number of carbonyl (C=O) groups excluding carboxylic acids is 2. The van der Waals surface area contributed by atoms with Gasteiger partial charge in [-0.1, -0.05) is 30.3 Å². The molecule has 5 nitrogen and oxygen atoms in total. The minimum Gasteiger partial charge on any atom is -0.497 e. The molecule has 0 aliphatic carbocycles. The van der Waals surface area contributed by atoms with Crippen molar-refractivity contribution in [1.29, 1.82) is 0 Å². The zero-order valence-corrected chi connectivity index (χ0v) is 15.7. The zero-order valence-electron chi connectivity index (χ0n) is 15.7. The maximum absolute atomic E-state index is 12.2. The summed E-state index contributed by atoms with van der Waals surface area (Å²) in [5, 5.41) is 0. The van der Waals surface area contributed by atoms with Gasteiger partial charge in [0.05, 0.1) is 19.8 Å². The van der Waals surface area contributed by atoms with Crippen LogP contribution in [0.5, 0.6) is 11.5 Å². The van der Waals surface area contributed by atoms with Gasteiger partial charge in [0.15, 0.2) is 6.29 Å². The van der Waals surface area contributed by atoms with Gasteiger partial charge in [-0.05, 0) is 53.1 Å². The van der Waals surface area contributed by atoms with E-state index in [1.54, 1.807) is 36.4 Å². The molecular weight excluding hydrogens is 356 g/mol. The molecule has 142 valence electrons. The van der Waals surface area contributed by atoms with Crippen LogP contribution >= 0.6 is 0 Å². The van der Waals surface area contributed by atoms with Gasteiger partial charge in [-0.2, -0.15) is 0 Å². The van der Waals surface area contributed by atoms with Crippen LogP contribution in [0.4, 0.5) is 0 Å². The number of methoxy groups -OCH3 is 2. The second-order valence-electron chi connectivity index (χ2n) is 6.04. The third kappa shape index (κ3) is 4.20. The van der Waals surface area contributed by atoms with Crippen LogP contribution in [0.15, 0.2) is 66.7 Å². The first-order valence-electron chi connectivity index (χ1n) is 8.69. The fraction of sp³-hybridized carbons (Fsp3) is 0.130. The Hall–Kier alpha value is -3.60. The molecule has 5 heteroatoms. The first kappa shape index (κ1) is 19.2. The fourth-order valence-corrected chi connectivity index (χ4v) is 2.88. The van der Waals surface area contributed by atoms with Crippen LogP contribution in [0.1, 0.15) is 26.3 Å². The molecule has 28 heavy (non-hydrogen) atoms. The van der Waals surface area contributed by atoms with E-state index in [1.165, 1.54) is 14.2 Å². The van der Waals surface area contributed by atoms with Gasteiger partial charge in [-0.25, -0.2) is 4.79 Å². The predicted octanol–water partition coefficient (Wildman–Crippen LogP) is 4.54. The minimum atomic E-state index is -0.504. The normalized spacial score (nSPS) is 10.2. The van der Waals surface area contributed by atoms with E-state index in [1.807, 2.05) is 30.3 Å². The van der Waals surface area contributed by atoms with Crippen molar-refractivity contribution >= 4 is 12.3 Å². The molecule has 0 saturated carbocycles. The van der Waals surface area contributed by atoms with Crippen molar-refractivity contribution in [2.75, 3.05) is 14.2 Å². The van der Waals surface area contributed by atoms with E-state index in [2.05, 4.69) is 0 Å². The van der Waals surface area contributed by atoms with E-state index >= 15 is 0 Å². The second-order valence-corrected chi connectivity index (χ2v) is 6.04. The summed E-state index contributed by atoms with van der Waals surface area (Å²) in [7, 11) is 2.83. The first-order valence-corrected chi connectivity index (χ1v) is 8.69. The van der Waals surface area contributed by atoms with Crippen molar-refractivity contribution in [3.05, 3.63) is 83.4 Å². The molecule has 0 unspecified atom stereocenters. The Morgan fingerprint density at radius 2 is 1.61 bits per heavy atom. The summed E-state index contributed by atoms with van der Waals surface area (Å²) in [6.45, 7) is 0.397. The monoisotopic (exact) mass is 376 g/mol. The maximum atomic E-state index is 12.2. The smallest absolute Gasteiger partial charge is 0.338 e. The summed E-state index contributed by atoms with van der Waals surface area (Å²) in [5.74, 6) is 0.595. The van der Waals surface area contributed by atoms with Crippen molar-refractivity contribution < 1.29 is 23.8 Å². The van der Waals surface area contributed by atoms with Crippen molar-refractivity contribution in [2.45, 2.75) is 6.61 Å². The molecule has 0 radical (unpaired) electrons. The number of hydrogen-bond acceptors (Lipinski definition) is 5. The topological polar surface area (TPSA) is 61.8 Å². The first-order chi connectivity index (χ1) is 13.7. The highest BCUT2D eigenvalue weighted by Gasteiger charge is 2.17. The van der Waals surface area contributed by atoms with Crippen LogP contribution in [0.3, 0.4) is 0 Å². The van der Waals surface area contributed by atoms with Gasteiger partial charge in [0, 0.05) is 5.56 Å². The van der Waals surface area contributed by atoms with E-state index in [4.69, 9.17) is 14.2 Å². The Morgan fingerprint density at radius 3 is 2.29 bits per heavy atom. The highest BCUT2D eigenvalue weighted by atomic mass is 16.5. The maximum Gasteiger partial charge on any atom is 0.338 e. The Kier molecular flexibility index (Phi) is 6.07. The molecular formula is C23H20O5. The molecule has 0 bridgehead atoms. The van der Waals surface area contributed by atoms with Crippen molar-refractivity contribution in [2.24, 2.45) is 0 Å². The standard InChI is InChI=1S/C23H20O5/c1-26-18-8-11-21(22(13-18)23(25)27-2)20-10-9-19(12-17(20)14-24)28-15-16-6-4-3-5-7-16/h3-14H,15H2,1-2H3. The molecule has 0 aliphatic heterocycles. The molecule has 0 heterocycles. The van der Waals surface area contributed by atoms with Crippen molar-refractivity contribution in [3.8, 4) is 22.6 Å². The molecule has 3 aromatic rings. The van der Waals surface area contributed by atoms with Gasteiger partial charge in [0.2, 0.25) is 0 Å². The number of esters is 1. The Balaban J connectivity index is 1.94. The Morgan fingerprint density at radius 1 is 0.893 bits per heavy atom. The van der Waals surface area contributed by atoms with E-state index < -0.39 is 5.97 Å². The van der Waals surface area contributed by atoms with E-state index in [0.717, 1.165) is 11.8 Å². The molecule has 3 aromatic carbocycles. The lowest BCUT2D eigenvalue weighted by molar-refractivity contribution is 0.0601. The summed E-state index contributed by atoms with van der Waals surface area (Å²) in [6.07, 6.45) is 0.746. The third-order valence-electron chi connectivity index (χ3n) is 4.32. The number of rotatable bonds is 7. The molecule has 3 rings (SSSR count). The van der Waals surface area contributed by atoms with Gasteiger partial charge >= 0.3 is 5.97 Å². The van der Waals surface area contributed by atoms with Crippen molar-refractivity contribution in [1.82, 2.24) is 0 Å². The van der Waals surface area contributed by atoms with Crippen LogP contribution < -0.4 is 9.47 Å². The average Bonchev–Trinajstić information content (AvgIpc) is 2.77. The average molecular weight is 376 g/mol. The largest absolute Gasteiger partial charge is 0.497 e. The van der Waals surface area contributed by atoms with Gasteiger partial charge in [-0.15, -0.1) is 0 Å². The number of aldehydes is 1. The van der Waals surface area contributed by atoms with Gasteiger partial charge in [-0.3, -0.25) is 4.79 Å². The van der Waals surface area contributed by atoms with E-state index in [9.17, 15) is 9.59 Å². The Bertz CT molecular complexity index is 980. The summed E-state index contributed by atoms with van der Waals surface area (Å²) in [4.78, 5) is 23.9. The summed E-state index contributed by atoms with van der Waals surface area (Å²) in [5.41, 5.74) is 2.97. The molecule has 0 saturated heterocycles. The van der Waals surface area contributed by atoms with Gasteiger partial charge in [0.1, 0.15) is 18.1 Å². The quantitative estimate of drug-likeness (QED) is 0.447. The number of ether oxygens (including phenoxy) is 3.